The summed E-state index contributed by atoms with van der Waals surface area (Å²) in [6.45, 7) is 3.52. The SMILES string of the molecule is COC(=O)Nc1ccc2c(c1)NC(=O)C(C)CCCC(NC(=O)c1ncn(-c3cccc(Cl)c3F)c1C)c1cc-2ccn1. The van der Waals surface area contributed by atoms with Crippen molar-refractivity contribution in [1.82, 2.24) is 19.9 Å². The third kappa shape index (κ3) is 6.36. The van der Waals surface area contributed by atoms with E-state index in [0.29, 0.717) is 47.6 Å². The van der Waals surface area contributed by atoms with Crippen molar-refractivity contribution in [3.63, 3.8) is 0 Å². The Labute approximate surface area is 252 Å². The van der Waals surface area contributed by atoms with Gasteiger partial charge in [-0.2, -0.15) is 0 Å². The van der Waals surface area contributed by atoms with Gasteiger partial charge in [-0.15, -0.1) is 0 Å². The van der Waals surface area contributed by atoms with Crippen molar-refractivity contribution in [2.75, 3.05) is 17.7 Å². The maximum absolute atomic E-state index is 14.7. The van der Waals surface area contributed by atoms with Crippen LogP contribution in [0.4, 0.5) is 20.6 Å². The van der Waals surface area contributed by atoms with Crippen molar-refractivity contribution in [3.8, 4) is 16.8 Å². The average molecular weight is 605 g/mol. The molecule has 2 aromatic heterocycles. The van der Waals surface area contributed by atoms with Gasteiger partial charge in [0.25, 0.3) is 5.91 Å². The Kier molecular flexibility index (Phi) is 8.72. The first-order valence-corrected chi connectivity index (χ1v) is 14.1. The van der Waals surface area contributed by atoms with Gasteiger partial charge in [0, 0.05) is 23.4 Å². The highest BCUT2D eigenvalue weighted by Gasteiger charge is 2.25. The molecule has 0 saturated heterocycles. The van der Waals surface area contributed by atoms with Gasteiger partial charge in [0.2, 0.25) is 5.91 Å². The fourth-order valence-corrected chi connectivity index (χ4v) is 5.21. The summed E-state index contributed by atoms with van der Waals surface area (Å²) in [5.41, 5.74) is 3.85. The van der Waals surface area contributed by atoms with E-state index >= 15 is 0 Å². The Morgan fingerprint density at radius 1 is 1.14 bits per heavy atom. The van der Waals surface area contributed by atoms with Crippen molar-refractivity contribution in [1.29, 1.82) is 0 Å². The molecule has 0 radical (unpaired) electrons. The molecule has 0 saturated carbocycles. The zero-order valence-corrected chi connectivity index (χ0v) is 24.5. The highest BCUT2D eigenvalue weighted by molar-refractivity contribution is 6.30. The molecule has 3 heterocycles. The summed E-state index contributed by atoms with van der Waals surface area (Å²) in [7, 11) is 1.27. The molecule has 0 aliphatic carbocycles. The van der Waals surface area contributed by atoms with Crippen molar-refractivity contribution in [2.45, 2.75) is 39.2 Å². The highest BCUT2D eigenvalue weighted by atomic mass is 35.5. The lowest BCUT2D eigenvalue weighted by molar-refractivity contribution is -0.119. The summed E-state index contributed by atoms with van der Waals surface area (Å²) in [5, 5.41) is 8.64. The third-order valence-electron chi connectivity index (χ3n) is 7.45. The monoisotopic (exact) mass is 604 g/mol. The molecule has 2 bridgehead atoms. The van der Waals surface area contributed by atoms with Crippen LogP contribution in [-0.4, -0.2) is 39.6 Å². The molecule has 3 amide bonds. The van der Waals surface area contributed by atoms with Crippen LogP contribution in [0, 0.1) is 18.7 Å². The van der Waals surface area contributed by atoms with Gasteiger partial charge in [0.05, 0.1) is 40.9 Å². The normalized spacial score (nSPS) is 16.6. The van der Waals surface area contributed by atoms with Crippen LogP contribution in [-0.2, 0) is 9.53 Å². The number of aromatic nitrogens is 3. The second kappa shape index (κ2) is 12.6. The first-order valence-electron chi connectivity index (χ1n) is 13.7. The number of carbonyl (C=O) groups is 3. The molecule has 1 aliphatic heterocycles. The van der Waals surface area contributed by atoms with E-state index in [2.05, 4.69) is 25.9 Å². The molecular weight excluding hydrogens is 575 g/mol. The maximum atomic E-state index is 14.7. The molecule has 4 aromatic rings. The Hall–Kier alpha value is -4.77. The summed E-state index contributed by atoms with van der Waals surface area (Å²) in [6.07, 6.45) is 4.12. The minimum absolute atomic E-state index is 0.0313. The fraction of sp³-hybridized carbons (Fsp3) is 0.258. The van der Waals surface area contributed by atoms with Gasteiger partial charge in [-0.25, -0.2) is 14.2 Å². The number of methoxy groups -OCH3 is 1. The Morgan fingerprint density at radius 2 is 1.95 bits per heavy atom. The number of pyridine rings is 1. The number of ether oxygens (including phenoxy) is 1. The van der Waals surface area contributed by atoms with Crippen LogP contribution in [0.25, 0.3) is 16.8 Å². The molecule has 5 rings (SSSR count). The van der Waals surface area contributed by atoms with Gasteiger partial charge >= 0.3 is 6.09 Å². The van der Waals surface area contributed by atoms with Gasteiger partial charge in [0.15, 0.2) is 5.82 Å². The lowest BCUT2D eigenvalue weighted by Crippen LogP contribution is -2.30. The number of fused-ring (bicyclic) bond motifs is 4. The molecule has 2 aromatic carbocycles. The number of nitrogens with zero attached hydrogens (tertiary/aromatic N) is 3. The third-order valence-corrected chi connectivity index (χ3v) is 7.75. The van der Waals surface area contributed by atoms with Crippen LogP contribution in [0.5, 0.6) is 0 Å². The fourth-order valence-electron chi connectivity index (χ4n) is 5.04. The number of carbonyl (C=O) groups excluding carboxylic acids is 3. The number of nitrogens with one attached hydrogen (secondary N) is 3. The van der Waals surface area contributed by atoms with Crippen molar-refractivity contribution in [3.05, 3.63) is 89.0 Å². The minimum atomic E-state index is -0.629. The highest BCUT2D eigenvalue weighted by Crippen LogP contribution is 2.34. The molecular formula is C31H30ClFN6O4. The zero-order valence-electron chi connectivity index (χ0n) is 23.8. The number of benzene rings is 2. The Balaban J connectivity index is 1.48. The van der Waals surface area contributed by atoms with Crippen LogP contribution < -0.4 is 16.0 Å². The van der Waals surface area contributed by atoms with Crippen molar-refractivity contribution >= 4 is 40.9 Å². The molecule has 0 spiro atoms. The quantitative estimate of drug-likeness (QED) is 0.246. The first kappa shape index (κ1) is 29.7. The van der Waals surface area contributed by atoms with Crippen LogP contribution in [0.3, 0.4) is 0 Å². The number of imidazole rings is 1. The summed E-state index contributed by atoms with van der Waals surface area (Å²) in [6, 6.07) is 13.0. The second-order valence-electron chi connectivity index (χ2n) is 10.3. The van der Waals surface area contributed by atoms with Crippen LogP contribution in [0.1, 0.15) is 54.1 Å². The smallest absolute Gasteiger partial charge is 0.411 e. The molecule has 222 valence electrons. The Morgan fingerprint density at radius 3 is 2.74 bits per heavy atom. The zero-order chi connectivity index (χ0) is 30.7. The number of anilines is 2. The summed E-state index contributed by atoms with van der Waals surface area (Å²) >= 11 is 5.96. The van der Waals surface area contributed by atoms with Crippen LogP contribution in [0.15, 0.2) is 61.1 Å². The van der Waals surface area contributed by atoms with E-state index in [1.165, 1.54) is 24.1 Å². The summed E-state index contributed by atoms with van der Waals surface area (Å²) < 4.78 is 20.9. The lowest BCUT2D eigenvalue weighted by Gasteiger charge is -2.22. The summed E-state index contributed by atoms with van der Waals surface area (Å²) in [5.74, 6) is -1.53. The van der Waals surface area contributed by atoms with Crippen LogP contribution in [0.2, 0.25) is 5.02 Å². The number of halogens is 2. The standard InChI is InChI=1S/C31H30ClFN6O4/c1-17-6-4-8-23(37-30(41)28-18(2)39(16-35-28)26-9-5-7-22(32)27(26)33)25-14-19(12-13-34-25)21-11-10-20(36-31(42)43-3)15-24(21)38-29(17)40/h5,7,9-17,23H,4,6,8H2,1-3H3,(H,36,42)(H,37,41)(H,38,40). The molecule has 2 unspecified atom stereocenters. The van der Waals surface area contributed by atoms with Gasteiger partial charge in [-0.1, -0.05) is 37.1 Å². The molecule has 1 aliphatic rings. The Bertz CT molecular complexity index is 1710. The molecule has 10 nitrogen and oxygen atoms in total. The number of rotatable bonds is 4. The van der Waals surface area contributed by atoms with Crippen LogP contribution >= 0.6 is 11.6 Å². The van der Waals surface area contributed by atoms with E-state index in [0.717, 1.165) is 5.56 Å². The summed E-state index contributed by atoms with van der Waals surface area (Å²) in [4.78, 5) is 47.2. The first-order chi connectivity index (χ1) is 20.7. The molecule has 0 fully saturated rings. The average Bonchev–Trinajstić information content (AvgIpc) is 3.38. The van der Waals surface area contributed by atoms with E-state index < -0.39 is 23.9 Å². The van der Waals surface area contributed by atoms with Crippen molar-refractivity contribution in [2.24, 2.45) is 5.92 Å². The van der Waals surface area contributed by atoms with Gasteiger partial charge in [-0.3, -0.25) is 24.5 Å². The van der Waals surface area contributed by atoms with E-state index in [1.807, 2.05) is 13.0 Å². The predicted molar refractivity (Wildman–Crippen MR) is 161 cm³/mol. The number of amides is 3. The molecule has 2 atom stereocenters. The molecule has 12 heteroatoms. The number of hydrogen-bond donors (Lipinski definition) is 3. The van der Waals surface area contributed by atoms with E-state index in [4.69, 9.17) is 16.3 Å². The predicted octanol–water partition coefficient (Wildman–Crippen LogP) is 6.44. The van der Waals surface area contributed by atoms with Gasteiger partial charge in [0.1, 0.15) is 12.0 Å². The van der Waals surface area contributed by atoms with E-state index in [9.17, 15) is 18.8 Å². The lowest BCUT2D eigenvalue weighted by atomic mass is 9.95. The van der Waals surface area contributed by atoms with Gasteiger partial charge in [-0.05, 0) is 61.7 Å². The maximum Gasteiger partial charge on any atom is 0.411 e. The van der Waals surface area contributed by atoms with Crippen molar-refractivity contribution < 1.29 is 23.5 Å². The van der Waals surface area contributed by atoms with E-state index in [-0.39, 0.29) is 28.2 Å². The topological polar surface area (TPSA) is 127 Å². The molecule has 3 N–H and O–H groups in total. The second-order valence-corrected chi connectivity index (χ2v) is 10.7. The van der Waals surface area contributed by atoms with Gasteiger partial charge < -0.3 is 15.4 Å². The van der Waals surface area contributed by atoms with E-state index in [1.54, 1.807) is 49.5 Å². The minimum Gasteiger partial charge on any atom is -0.453 e. The number of hydrogen-bond acceptors (Lipinski definition) is 6. The largest absolute Gasteiger partial charge is 0.453 e. The molecule has 43 heavy (non-hydrogen) atoms.